The van der Waals surface area contributed by atoms with E-state index >= 15 is 0 Å². The Bertz CT molecular complexity index is 974. The lowest BCUT2D eigenvalue weighted by molar-refractivity contribution is -0.132. The van der Waals surface area contributed by atoms with E-state index in [1.165, 1.54) is 16.8 Å². The standard InChI is InChI=1S/C25H33N5O3/c1-28-14-16-29(17-15-28)22-5-6-23(33-2)20-9-13-30(18-21(20)22)24(31)4-3-10-27-25(32)19-7-11-26-12-8-19/h5-8,11-12H,3-4,9-10,13-18H2,1-2H3,(H,27,32). The maximum absolute atomic E-state index is 13.0. The van der Waals surface area contributed by atoms with Crippen LogP contribution in [0.2, 0.25) is 0 Å². The average Bonchev–Trinajstić information content (AvgIpc) is 2.86. The number of likely N-dealkylation sites (N-methyl/N-ethyl adjacent to an activating group) is 1. The summed E-state index contributed by atoms with van der Waals surface area (Å²) in [6.45, 7) is 5.82. The molecule has 176 valence electrons. The van der Waals surface area contributed by atoms with Crippen molar-refractivity contribution in [2.75, 3.05) is 58.3 Å². The van der Waals surface area contributed by atoms with E-state index in [9.17, 15) is 9.59 Å². The number of fused-ring (bicyclic) bond motifs is 1. The summed E-state index contributed by atoms with van der Waals surface area (Å²) in [4.78, 5) is 35.8. The molecule has 33 heavy (non-hydrogen) atoms. The minimum atomic E-state index is -0.138. The van der Waals surface area contributed by atoms with E-state index < -0.39 is 0 Å². The fourth-order valence-electron chi connectivity index (χ4n) is 4.58. The second kappa shape index (κ2) is 10.7. The van der Waals surface area contributed by atoms with Gasteiger partial charge in [0.1, 0.15) is 5.75 Å². The molecule has 4 rings (SSSR count). The summed E-state index contributed by atoms with van der Waals surface area (Å²) in [5.74, 6) is 0.903. The van der Waals surface area contributed by atoms with Crippen LogP contribution in [0.15, 0.2) is 36.7 Å². The Kier molecular flexibility index (Phi) is 7.44. The molecule has 1 saturated heterocycles. The number of ether oxygens (including phenoxy) is 1. The van der Waals surface area contributed by atoms with Crippen molar-refractivity contribution >= 4 is 17.5 Å². The third-order valence-electron chi connectivity index (χ3n) is 6.56. The van der Waals surface area contributed by atoms with Crippen LogP contribution >= 0.6 is 0 Å². The molecule has 8 nitrogen and oxygen atoms in total. The van der Waals surface area contributed by atoms with Gasteiger partial charge in [-0.2, -0.15) is 0 Å². The highest BCUT2D eigenvalue weighted by molar-refractivity contribution is 5.93. The maximum Gasteiger partial charge on any atom is 0.251 e. The van der Waals surface area contributed by atoms with Gasteiger partial charge < -0.3 is 24.8 Å². The fourth-order valence-corrected chi connectivity index (χ4v) is 4.58. The number of hydrogen-bond donors (Lipinski definition) is 1. The van der Waals surface area contributed by atoms with Crippen LogP contribution in [-0.2, 0) is 17.8 Å². The molecular weight excluding hydrogens is 418 g/mol. The van der Waals surface area contributed by atoms with Gasteiger partial charge in [-0.3, -0.25) is 14.6 Å². The number of anilines is 1. The van der Waals surface area contributed by atoms with Crippen molar-refractivity contribution in [2.45, 2.75) is 25.8 Å². The number of benzene rings is 1. The molecule has 0 aliphatic carbocycles. The van der Waals surface area contributed by atoms with Crippen molar-refractivity contribution in [3.8, 4) is 5.75 Å². The van der Waals surface area contributed by atoms with Crippen molar-refractivity contribution < 1.29 is 14.3 Å². The van der Waals surface area contributed by atoms with Crippen molar-refractivity contribution in [1.29, 1.82) is 0 Å². The zero-order valence-electron chi connectivity index (χ0n) is 19.5. The van der Waals surface area contributed by atoms with Gasteiger partial charge in [0.2, 0.25) is 5.91 Å². The SMILES string of the molecule is COc1ccc(N2CCN(C)CC2)c2c1CCN(C(=O)CCCNC(=O)c1ccncc1)C2. The quantitative estimate of drug-likeness (QED) is 0.649. The second-order valence-corrected chi connectivity index (χ2v) is 8.70. The van der Waals surface area contributed by atoms with Crippen LogP contribution in [0.1, 0.15) is 34.3 Å². The number of rotatable bonds is 7. The van der Waals surface area contributed by atoms with Gasteiger partial charge in [0.15, 0.2) is 0 Å². The number of amides is 2. The van der Waals surface area contributed by atoms with Gasteiger partial charge in [0, 0.05) is 87.0 Å². The first-order valence-corrected chi connectivity index (χ1v) is 11.6. The number of carbonyl (C=O) groups is 2. The topological polar surface area (TPSA) is 78.0 Å². The maximum atomic E-state index is 13.0. The number of piperazine rings is 1. The monoisotopic (exact) mass is 451 g/mol. The van der Waals surface area contributed by atoms with Gasteiger partial charge in [-0.05, 0) is 44.2 Å². The third kappa shape index (κ3) is 5.45. The Morgan fingerprint density at radius 2 is 1.79 bits per heavy atom. The molecule has 2 aliphatic rings. The predicted molar refractivity (Wildman–Crippen MR) is 128 cm³/mol. The third-order valence-corrected chi connectivity index (χ3v) is 6.56. The van der Waals surface area contributed by atoms with Crippen LogP contribution in [0.25, 0.3) is 0 Å². The summed E-state index contributed by atoms with van der Waals surface area (Å²) in [5, 5.41) is 2.88. The summed E-state index contributed by atoms with van der Waals surface area (Å²) in [5.41, 5.74) is 4.24. The summed E-state index contributed by atoms with van der Waals surface area (Å²) in [7, 11) is 3.86. The van der Waals surface area contributed by atoms with Gasteiger partial charge in [0.25, 0.3) is 5.91 Å². The smallest absolute Gasteiger partial charge is 0.251 e. The molecule has 2 amide bonds. The summed E-state index contributed by atoms with van der Waals surface area (Å²) < 4.78 is 5.63. The number of methoxy groups -OCH3 is 1. The van der Waals surface area contributed by atoms with Crippen LogP contribution in [0.5, 0.6) is 5.75 Å². The molecule has 0 spiro atoms. The summed E-state index contributed by atoms with van der Waals surface area (Å²) in [6, 6.07) is 7.57. The highest BCUT2D eigenvalue weighted by Gasteiger charge is 2.27. The van der Waals surface area contributed by atoms with Crippen molar-refractivity contribution in [1.82, 2.24) is 20.1 Å². The minimum Gasteiger partial charge on any atom is -0.496 e. The zero-order valence-corrected chi connectivity index (χ0v) is 19.5. The number of nitrogens with zero attached hydrogens (tertiary/aromatic N) is 4. The minimum absolute atomic E-state index is 0.131. The van der Waals surface area contributed by atoms with Gasteiger partial charge in [-0.1, -0.05) is 0 Å². The molecule has 2 aliphatic heterocycles. The van der Waals surface area contributed by atoms with Gasteiger partial charge >= 0.3 is 0 Å². The fraction of sp³-hybridized carbons (Fsp3) is 0.480. The normalized spacial score (nSPS) is 16.3. The Morgan fingerprint density at radius 1 is 1.03 bits per heavy atom. The van der Waals surface area contributed by atoms with E-state index in [0.717, 1.165) is 38.3 Å². The largest absolute Gasteiger partial charge is 0.496 e. The number of pyridine rings is 1. The lowest BCUT2D eigenvalue weighted by Gasteiger charge is -2.38. The van der Waals surface area contributed by atoms with Crippen LogP contribution in [0, 0.1) is 0 Å². The average molecular weight is 452 g/mol. The van der Waals surface area contributed by atoms with Crippen molar-refractivity contribution in [3.63, 3.8) is 0 Å². The second-order valence-electron chi connectivity index (χ2n) is 8.70. The van der Waals surface area contributed by atoms with Crippen LogP contribution in [-0.4, -0.2) is 80.0 Å². The molecule has 0 atom stereocenters. The number of carbonyl (C=O) groups excluding carboxylic acids is 2. The van der Waals surface area contributed by atoms with Gasteiger partial charge in [-0.25, -0.2) is 0 Å². The van der Waals surface area contributed by atoms with Gasteiger partial charge in [0.05, 0.1) is 7.11 Å². The first-order chi connectivity index (χ1) is 16.1. The Balaban J connectivity index is 1.36. The number of hydrogen-bond acceptors (Lipinski definition) is 6. The predicted octanol–water partition coefficient (Wildman–Crippen LogP) is 1.94. The van der Waals surface area contributed by atoms with E-state index in [-0.39, 0.29) is 11.8 Å². The van der Waals surface area contributed by atoms with Gasteiger partial charge in [-0.15, -0.1) is 0 Å². The highest BCUT2D eigenvalue weighted by atomic mass is 16.5. The van der Waals surface area contributed by atoms with E-state index in [2.05, 4.69) is 39.3 Å². The number of nitrogens with one attached hydrogen (secondary N) is 1. The molecule has 1 N–H and O–H groups in total. The molecule has 0 unspecified atom stereocenters. The van der Waals surface area contributed by atoms with Crippen molar-refractivity contribution in [2.24, 2.45) is 0 Å². The number of aromatic nitrogens is 1. The van der Waals surface area contributed by atoms with Crippen LogP contribution in [0.3, 0.4) is 0 Å². The first-order valence-electron chi connectivity index (χ1n) is 11.6. The van der Waals surface area contributed by atoms with E-state index in [0.29, 0.717) is 38.0 Å². The molecule has 1 aromatic carbocycles. The highest BCUT2D eigenvalue weighted by Crippen LogP contribution is 2.36. The van der Waals surface area contributed by atoms with Crippen LogP contribution in [0.4, 0.5) is 5.69 Å². The first kappa shape index (κ1) is 23.0. The lowest BCUT2D eigenvalue weighted by atomic mass is 9.95. The summed E-state index contributed by atoms with van der Waals surface area (Å²) >= 11 is 0. The lowest BCUT2D eigenvalue weighted by Crippen LogP contribution is -2.45. The van der Waals surface area contributed by atoms with E-state index in [4.69, 9.17) is 4.74 Å². The Hall–Kier alpha value is -3.13. The van der Waals surface area contributed by atoms with E-state index in [1.54, 1.807) is 31.6 Å². The molecule has 2 aromatic rings. The van der Waals surface area contributed by atoms with Crippen LogP contribution < -0.4 is 15.0 Å². The molecule has 0 saturated carbocycles. The summed E-state index contributed by atoms with van der Waals surface area (Å²) in [6.07, 6.45) is 5.02. The Morgan fingerprint density at radius 3 is 2.52 bits per heavy atom. The molecular formula is C25H33N5O3. The molecule has 0 radical (unpaired) electrons. The Labute approximate surface area is 195 Å². The molecule has 1 fully saturated rings. The molecule has 1 aromatic heterocycles. The molecule has 8 heteroatoms. The molecule has 0 bridgehead atoms. The molecule has 3 heterocycles. The van der Waals surface area contributed by atoms with E-state index in [1.807, 2.05) is 4.90 Å². The van der Waals surface area contributed by atoms with Crippen molar-refractivity contribution in [3.05, 3.63) is 53.3 Å². The zero-order chi connectivity index (χ0) is 23.2.